The molecule has 1 aliphatic rings. The van der Waals surface area contributed by atoms with Crippen LogP contribution in [0.1, 0.15) is 50.4 Å². The van der Waals surface area contributed by atoms with Gasteiger partial charge in [-0.15, -0.1) is 0 Å². The summed E-state index contributed by atoms with van der Waals surface area (Å²) >= 11 is 0. The molecule has 1 atom stereocenters. The molecule has 130 valence electrons. The van der Waals surface area contributed by atoms with Crippen molar-refractivity contribution in [3.8, 4) is 0 Å². The third-order valence-electron chi connectivity index (χ3n) is 4.76. The smallest absolute Gasteiger partial charge is 0.199 e. The maximum Gasteiger partial charge on any atom is 0.199 e. The summed E-state index contributed by atoms with van der Waals surface area (Å²) in [6, 6.07) is 8.27. The van der Waals surface area contributed by atoms with Gasteiger partial charge in [0.25, 0.3) is 0 Å². The summed E-state index contributed by atoms with van der Waals surface area (Å²) in [6.07, 6.45) is 4.72. The number of aromatic nitrogens is 3. The predicted molar refractivity (Wildman–Crippen MR) is 97.4 cm³/mol. The van der Waals surface area contributed by atoms with Gasteiger partial charge in [-0.2, -0.15) is 0 Å². The number of hydrogen-bond acceptors (Lipinski definition) is 5. The van der Waals surface area contributed by atoms with E-state index < -0.39 is 0 Å². The minimum atomic E-state index is -0.0478. The largest absolute Gasteiger partial charge is 0.448 e. The van der Waals surface area contributed by atoms with Crippen LogP contribution in [0.15, 0.2) is 41.1 Å². The van der Waals surface area contributed by atoms with Crippen molar-refractivity contribution < 1.29 is 4.42 Å². The van der Waals surface area contributed by atoms with Gasteiger partial charge in [-0.25, -0.2) is 15.0 Å². The maximum absolute atomic E-state index is 5.64. The summed E-state index contributed by atoms with van der Waals surface area (Å²) in [5.41, 5.74) is 2.95. The average molecular weight is 336 g/mol. The zero-order chi connectivity index (χ0) is 17.4. The number of rotatable bonds is 3. The van der Waals surface area contributed by atoms with E-state index >= 15 is 0 Å². The Kier molecular flexibility index (Phi) is 4.04. The van der Waals surface area contributed by atoms with Crippen molar-refractivity contribution in [1.82, 2.24) is 19.9 Å². The lowest BCUT2D eigenvalue weighted by Gasteiger charge is -2.15. The van der Waals surface area contributed by atoms with Crippen LogP contribution in [0.4, 0.5) is 0 Å². The molecule has 0 aliphatic carbocycles. The van der Waals surface area contributed by atoms with E-state index in [1.807, 2.05) is 6.07 Å². The molecule has 0 saturated carbocycles. The van der Waals surface area contributed by atoms with Crippen LogP contribution in [0.5, 0.6) is 0 Å². The van der Waals surface area contributed by atoms with Crippen LogP contribution < -0.4 is 0 Å². The summed E-state index contributed by atoms with van der Waals surface area (Å²) < 4.78 is 5.64. The summed E-state index contributed by atoms with van der Waals surface area (Å²) in [4.78, 5) is 16.2. The van der Waals surface area contributed by atoms with E-state index in [1.54, 1.807) is 12.5 Å². The van der Waals surface area contributed by atoms with Crippen molar-refractivity contribution in [3.63, 3.8) is 0 Å². The van der Waals surface area contributed by atoms with Gasteiger partial charge in [0.2, 0.25) is 0 Å². The molecular weight excluding hydrogens is 312 g/mol. The van der Waals surface area contributed by atoms with Crippen LogP contribution in [0, 0.1) is 0 Å². The van der Waals surface area contributed by atoms with Crippen LogP contribution in [0.2, 0.25) is 0 Å². The Morgan fingerprint density at radius 3 is 2.88 bits per heavy atom. The molecule has 5 heteroatoms. The van der Waals surface area contributed by atoms with Crippen molar-refractivity contribution in [3.05, 3.63) is 54.0 Å². The van der Waals surface area contributed by atoms with E-state index in [0.717, 1.165) is 54.4 Å². The lowest BCUT2D eigenvalue weighted by Crippen LogP contribution is -2.20. The fourth-order valence-electron chi connectivity index (χ4n) is 3.37. The first-order valence-corrected chi connectivity index (χ1v) is 8.88. The Morgan fingerprint density at radius 1 is 1.20 bits per heavy atom. The van der Waals surface area contributed by atoms with E-state index in [4.69, 9.17) is 9.40 Å². The van der Waals surface area contributed by atoms with Gasteiger partial charge in [0.05, 0.1) is 5.69 Å². The summed E-state index contributed by atoms with van der Waals surface area (Å²) in [7, 11) is 0. The number of fused-ring (bicyclic) bond motifs is 1. The quantitative estimate of drug-likeness (QED) is 0.726. The fourth-order valence-corrected chi connectivity index (χ4v) is 3.37. The van der Waals surface area contributed by atoms with Crippen LogP contribution in [-0.2, 0) is 12.0 Å². The molecule has 1 aliphatic heterocycles. The molecule has 0 bridgehead atoms. The minimum Gasteiger partial charge on any atom is -0.448 e. The van der Waals surface area contributed by atoms with Crippen LogP contribution in [0.3, 0.4) is 0 Å². The number of hydrogen-bond donors (Lipinski definition) is 0. The molecule has 25 heavy (non-hydrogen) atoms. The monoisotopic (exact) mass is 336 g/mol. The van der Waals surface area contributed by atoms with Crippen LogP contribution in [0.25, 0.3) is 11.0 Å². The van der Waals surface area contributed by atoms with Gasteiger partial charge in [0, 0.05) is 41.7 Å². The first kappa shape index (κ1) is 16.2. The summed E-state index contributed by atoms with van der Waals surface area (Å²) in [6.45, 7) is 9.26. The third-order valence-corrected chi connectivity index (χ3v) is 4.76. The van der Waals surface area contributed by atoms with Gasteiger partial charge in [0.1, 0.15) is 6.26 Å². The second kappa shape index (κ2) is 6.23. The van der Waals surface area contributed by atoms with E-state index in [0.29, 0.717) is 5.92 Å². The summed E-state index contributed by atoms with van der Waals surface area (Å²) in [5.74, 6) is 1.26. The molecule has 3 aromatic heterocycles. The normalized spacial score (nSPS) is 18.9. The van der Waals surface area contributed by atoms with Crippen molar-refractivity contribution in [2.45, 2.75) is 45.1 Å². The van der Waals surface area contributed by atoms with Gasteiger partial charge in [0.15, 0.2) is 11.5 Å². The van der Waals surface area contributed by atoms with Gasteiger partial charge < -0.3 is 4.42 Å². The van der Waals surface area contributed by atoms with Crippen LogP contribution >= 0.6 is 0 Å². The Labute approximate surface area is 148 Å². The van der Waals surface area contributed by atoms with Gasteiger partial charge >= 0.3 is 0 Å². The van der Waals surface area contributed by atoms with Gasteiger partial charge in [-0.3, -0.25) is 4.90 Å². The first-order chi connectivity index (χ1) is 12.0. The molecule has 4 rings (SSSR count). The minimum absolute atomic E-state index is 0.0478. The Balaban J connectivity index is 1.44. The molecule has 0 spiro atoms. The Bertz CT molecular complexity index is 881. The fraction of sp³-hybridized carbons (Fsp3) is 0.450. The number of likely N-dealkylation sites (tertiary alicyclic amines) is 1. The first-order valence-electron chi connectivity index (χ1n) is 8.88. The zero-order valence-electron chi connectivity index (χ0n) is 15.1. The van der Waals surface area contributed by atoms with Crippen LogP contribution in [-0.4, -0.2) is 32.9 Å². The zero-order valence-corrected chi connectivity index (χ0v) is 15.1. The molecule has 0 aromatic carbocycles. The molecule has 1 fully saturated rings. The Morgan fingerprint density at radius 2 is 2.08 bits per heavy atom. The molecule has 0 N–H and O–H groups in total. The molecule has 3 aromatic rings. The lowest BCUT2D eigenvalue weighted by atomic mass is 9.97. The molecule has 1 saturated heterocycles. The van der Waals surface area contributed by atoms with Crippen molar-refractivity contribution in [2.75, 3.05) is 13.1 Å². The highest BCUT2D eigenvalue weighted by Crippen LogP contribution is 2.28. The third kappa shape index (κ3) is 3.42. The standard InChI is InChI=1S/C20H24N4O/c1-20(2,3)19-22-16(13-25-19)12-24-10-8-15(11-24)17-7-6-14-5-4-9-21-18(14)23-17/h4-7,9,13,15H,8,10-12H2,1-3H3. The highest BCUT2D eigenvalue weighted by molar-refractivity contribution is 5.74. The van der Waals surface area contributed by atoms with E-state index in [9.17, 15) is 0 Å². The number of oxazole rings is 1. The molecular formula is C20H24N4O. The molecule has 0 radical (unpaired) electrons. The SMILES string of the molecule is CC(C)(C)c1nc(CN2CCC(c3ccc4cccnc4n3)C2)co1. The molecule has 5 nitrogen and oxygen atoms in total. The molecule has 0 amide bonds. The van der Waals surface area contributed by atoms with Gasteiger partial charge in [-0.05, 0) is 37.2 Å². The van der Waals surface area contributed by atoms with Crippen molar-refractivity contribution in [2.24, 2.45) is 0 Å². The lowest BCUT2D eigenvalue weighted by molar-refractivity contribution is 0.322. The average Bonchev–Trinajstić information content (AvgIpc) is 3.24. The van der Waals surface area contributed by atoms with E-state index in [2.05, 4.69) is 53.8 Å². The van der Waals surface area contributed by atoms with Crippen molar-refractivity contribution in [1.29, 1.82) is 0 Å². The molecule has 4 heterocycles. The molecule has 1 unspecified atom stereocenters. The highest BCUT2D eigenvalue weighted by atomic mass is 16.3. The maximum atomic E-state index is 5.64. The second-order valence-corrected chi connectivity index (χ2v) is 7.90. The predicted octanol–water partition coefficient (Wildman–Crippen LogP) is 3.90. The number of pyridine rings is 2. The van der Waals surface area contributed by atoms with E-state index in [-0.39, 0.29) is 5.41 Å². The second-order valence-electron chi connectivity index (χ2n) is 7.90. The highest BCUT2D eigenvalue weighted by Gasteiger charge is 2.27. The van der Waals surface area contributed by atoms with Gasteiger partial charge in [-0.1, -0.05) is 20.8 Å². The Hall–Kier alpha value is -2.27. The topological polar surface area (TPSA) is 55.1 Å². The van der Waals surface area contributed by atoms with Crippen molar-refractivity contribution >= 4 is 11.0 Å². The number of nitrogens with zero attached hydrogens (tertiary/aromatic N) is 4. The van der Waals surface area contributed by atoms with E-state index in [1.165, 1.54) is 0 Å². The summed E-state index contributed by atoms with van der Waals surface area (Å²) in [5, 5.41) is 1.10.